The lowest BCUT2D eigenvalue weighted by Gasteiger charge is -2.18. The molecule has 1 aliphatic rings. The molecule has 156 valence electrons. The monoisotopic (exact) mass is 452 g/mol. The molecule has 1 N–H and O–H groups in total. The summed E-state index contributed by atoms with van der Waals surface area (Å²) in [6.07, 6.45) is 0. The van der Waals surface area contributed by atoms with Gasteiger partial charge in [0.2, 0.25) is 9.84 Å². The first-order chi connectivity index (χ1) is 14.3. The van der Waals surface area contributed by atoms with E-state index in [2.05, 4.69) is 10.3 Å². The highest BCUT2D eigenvalue weighted by molar-refractivity contribution is 7.91. The molecule has 11 heteroatoms. The second-order valence-corrected chi connectivity index (χ2v) is 8.96. The Kier molecular flexibility index (Phi) is 5.39. The minimum atomic E-state index is -4.71. The zero-order valence-corrected chi connectivity index (χ0v) is 16.8. The first-order valence-electron chi connectivity index (χ1n) is 8.63. The molecule has 1 amide bonds. The average Bonchev–Trinajstić information content (AvgIpc) is 3.21. The minimum absolute atomic E-state index is 0.110. The van der Waals surface area contributed by atoms with Crippen molar-refractivity contribution in [3.05, 3.63) is 53.4 Å². The maximum absolute atomic E-state index is 12.6. The van der Waals surface area contributed by atoms with E-state index in [0.29, 0.717) is 35.5 Å². The van der Waals surface area contributed by atoms with Gasteiger partial charge >= 0.3 is 5.76 Å². The lowest BCUT2D eigenvalue weighted by atomic mass is 10.1. The summed E-state index contributed by atoms with van der Waals surface area (Å²) in [5, 5.41) is 4.70. The second kappa shape index (κ2) is 8.00. The van der Waals surface area contributed by atoms with Gasteiger partial charge in [0.1, 0.15) is 13.2 Å². The van der Waals surface area contributed by atoms with Crippen molar-refractivity contribution in [2.75, 3.05) is 18.5 Å². The number of fused-ring (bicyclic) bond motifs is 1. The lowest BCUT2D eigenvalue weighted by Crippen LogP contribution is -2.15. The number of benzene rings is 2. The molecular weight excluding hydrogens is 438 g/mol. The molecule has 0 atom stereocenters. The van der Waals surface area contributed by atoms with Gasteiger partial charge in [-0.2, -0.15) is 8.78 Å². The fourth-order valence-corrected chi connectivity index (χ4v) is 4.17. The van der Waals surface area contributed by atoms with Crippen LogP contribution in [0.1, 0.15) is 10.4 Å². The van der Waals surface area contributed by atoms with E-state index in [9.17, 15) is 22.0 Å². The van der Waals surface area contributed by atoms with Gasteiger partial charge in [-0.05, 0) is 42.5 Å². The van der Waals surface area contributed by atoms with E-state index < -0.39 is 26.4 Å². The van der Waals surface area contributed by atoms with Crippen molar-refractivity contribution in [3.8, 4) is 22.8 Å². The highest BCUT2D eigenvalue weighted by Crippen LogP contribution is 2.35. The second-order valence-electron chi connectivity index (χ2n) is 6.18. The van der Waals surface area contributed by atoms with Crippen LogP contribution in [0.5, 0.6) is 11.5 Å². The summed E-state index contributed by atoms with van der Waals surface area (Å²) in [6, 6.07) is 9.70. The van der Waals surface area contributed by atoms with Crippen LogP contribution in [0, 0.1) is 0 Å². The van der Waals surface area contributed by atoms with Crippen molar-refractivity contribution in [1.82, 2.24) is 4.98 Å². The number of hydrogen-bond donors (Lipinski definition) is 1. The molecule has 0 radical (unpaired) electrons. The molecule has 0 saturated carbocycles. The molecule has 0 aliphatic carbocycles. The van der Waals surface area contributed by atoms with E-state index >= 15 is 0 Å². The van der Waals surface area contributed by atoms with E-state index in [1.165, 1.54) is 23.5 Å². The fraction of sp³-hybridized carbons (Fsp3) is 0.158. The van der Waals surface area contributed by atoms with Gasteiger partial charge in [0.05, 0.1) is 10.6 Å². The molecule has 1 aromatic heterocycles. The van der Waals surface area contributed by atoms with Crippen molar-refractivity contribution in [2.45, 2.75) is 10.7 Å². The summed E-state index contributed by atoms with van der Waals surface area (Å²) in [7, 11) is -4.71. The van der Waals surface area contributed by atoms with Crippen molar-refractivity contribution >= 4 is 32.2 Å². The molecule has 2 heterocycles. The Bertz CT molecular complexity index is 1190. The average molecular weight is 452 g/mol. The van der Waals surface area contributed by atoms with Gasteiger partial charge in [-0.15, -0.1) is 11.3 Å². The number of sulfone groups is 1. The number of nitrogens with zero attached hydrogens (tertiary/aromatic N) is 1. The number of alkyl halides is 2. The first-order valence-corrected chi connectivity index (χ1v) is 11.1. The summed E-state index contributed by atoms with van der Waals surface area (Å²) in [4.78, 5) is 16.2. The largest absolute Gasteiger partial charge is 0.486 e. The standard InChI is InChI=1S/C19H14F2N2O5S2/c20-18(21)30(25,26)13-4-1-11(2-5-13)17(24)23-19-22-14(10-29-19)12-3-6-15-16(9-12)28-8-7-27-15/h1-6,9-10,18H,7-8H2,(H,22,23,24). The van der Waals surface area contributed by atoms with Crippen molar-refractivity contribution in [2.24, 2.45) is 0 Å². The molecule has 2 aromatic carbocycles. The third-order valence-electron chi connectivity index (χ3n) is 4.24. The van der Waals surface area contributed by atoms with Crippen LogP contribution >= 0.6 is 11.3 Å². The van der Waals surface area contributed by atoms with Gasteiger partial charge in [-0.25, -0.2) is 13.4 Å². The zero-order chi connectivity index (χ0) is 21.3. The number of aromatic nitrogens is 1. The summed E-state index contributed by atoms with van der Waals surface area (Å²) < 4.78 is 59.1. The molecule has 1 aliphatic heterocycles. The maximum Gasteiger partial charge on any atom is 0.341 e. The Morgan fingerprint density at radius 3 is 2.47 bits per heavy atom. The molecule has 0 fully saturated rings. The number of anilines is 1. The summed E-state index contributed by atoms with van der Waals surface area (Å²) in [5.74, 6) is -2.78. The van der Waals surface area contributed by atoms with Gasteiger partial charge in [0, 0.05) is 16.5 Å². The van der Waals surface area contributed by atoms with E-state index in [0.717, 1.165) is 17.7 Å². The van der Waals surface area contributed by atoms with Crippen LogP contribution in [-0.4, -0.2) is 38.3 Å². The topological polar surface area (TPSA) is 94.6 Å². The van der Waals surface area contributed by atoms with Crippen molar-refractivity contribution in [3.63, 3.8) is 0 Å². The molecule has 0 spiro atoms. The van der Waals surface area contributed by atoms with Crippen LogP contribution in [0.3, 0.4) is 0 Å². The lowest BCUT2D eigenvalue weighted by molar-refractivity contribution is 0.102. The maximum atomic E-state index is 12.6. The Labute approximate surface area is 174 Å². The number of thiazole rings is 1. The number of rotatable bonds is 5. The third-order valence-corrected chi connectivity index (χ3v) is 6.40. The quantitative estimate of drug-likeness (QED) is 0.632. The first kappa shape index (κ1) is 20.2. The third kappa shape index (κ3) is 3.98. The highest BCUT2D eigenvalue weighted by Gasteiger charge is 2.26. The molecule has 4 rings (SSSR count). The number of ether oxygens (including phenoxy) is 2. The molecule has 30 heavy (non-hydrogen) atoms. The van der Waals surface area contributed by atoms with Crippen LogP contribution in [-0.2, 0) is 9.84 Å². The Balaban J connectivity index is 1.48. The van der Waals surface area contributed by atoms with Gasteiger partial charge < -0.3 is 9.47 Å². The molecule has 0 bridgehead atoms. The number of halogens is 2. The molecule has 0 unspecified atom stereocenters. The molecule has 3 aromatic rings. The fourth-order valence-electron chi connectivity index (χ4n) is 2.73. The Hall–Kier alpha value is -3.05. The van der Waals surface area contributed by atoms with Crippen LogP contribution in [0.2, 0.25) is 0 Å². The van der Waals surface area contributed by atoms with Gasteiger partial charge in [-0.3, -0.25) is 10.1 Å². The number of hydrogen-bond acceptors (Lipinski definition) is 7. The predicted molar refractivity (Wildman–Crippen MR) is 106 cm³/mol. The van der Waals surface area contributed by atoms with E-state index in [-0.39, 0.29) is 5.56 Å². The SMILES string of the molecule is O=C(Nc1nc(-c2ccc3c(c2)OCCO3)cs1)c1ccc(S(=O)(=O)C(F)F)cc1. The predicted octanol–water partition coefficient (Wildman–Crippen LogP) is 3.83. The molecule has 0 saturated heterocycles. The number of nitrogens with one attached hydrogen (secondary N) is 1. The van der Waals surface area contributed by atoms with Crippen LogP contribution in [0.4, 0.5) is 13.9 Å². The number of amides is 1. The summed E-state index contributed by atoms with van der Waals surface area (Å²) >= 11 is 1.21. The van der Waals surface area contributed by atoms with Crippen LogP contribution < -0.4 is 14.8 Å². The van der Waals surface area contributed by atoms with Crippen LogP contribution in [0.15, 0.2) is 52.7 Å². The zero-order valence-electron chi connectivity index (χ0n) is 15.2. The normalized spacial score (nSPS) is 13.3. The van der Waals surface area contributed by atoms with Gasteiger partial charge in [0.25, 0.3) is 5.91 Å². The van der Waals surface area contributed by atoms with Gasteiger partial charge in [0.15, 0.2) is 16.6 Å². The van der Waals surface area contributed by atoms with Crippen molar-refractivity contribution < 1.29 is 31.5 Å². The number of carbonyl (C=O) groups is 1. The summed E-state index contributed by atoms with van der Waals surface area (Å²) in [5.41, 5.74) is 1.53. The van der Waals surface area contributed by atoms with E-state index in [1.807, 2.05) is 6.07 Å². The van der Waals surface area contributed by atoms with E-state index in [1.54, 1.807) is 17.5 Å². The molecule has 7 nitrogen and oxygen atoms in total. The van der Waals surface area contributed by atoms with E-state index in [4.69, 9.17) is 9.47 Å². The van der Waals surface area contributed by atoms with Gasteiger partial charge in [-0.1, -0.05) is 0 Å². The highest BCUT2D eigenvalue weighted by atomic mass is 32.2. The smallest absolute Gasteiger partial charge is 0.341 e. The molecular formula is C19H14F2N2O5S2. The minimum Gasteiger partial charge on any atom is -0.486 e. The van der Waals surface area contributed by atoms with Crippen LogP contribution in [0.25, 0.3) is 11.3 Å². The summed E-state index contributed by atoms with van der Waals surface area (Å²) in [6.45, 7) is 0.959. The Morgan fingerprint density at radius 2 is 1.77 bits per heavy atom. The Morgan fingerprint density at radius 1 is 1.07 bits per heavy atom. The van der Waals surface area contributed by atoms with Crippen molar-refractivity contribution in [1.29, 1.82) is 0 Å². The number of carbonyl (C=O) groups excluding carboxylic acids is 1.